The molecule has 0 spiro atoms. The fraction of sp³-hybridized carbons (Fsp3) is 0.261. The highest BCUT2D eigenvalue weighted by atomic mass is 16.1. The van der Waals surface area contributed by atoms with Gasteiger partial charge < -0.3 is 9.13 Å². The second kappa shape index (κ2) is 6.49. The zero-order valence-corrected chi connectivity index (χ0v) is 15.6. The summed E-state index contributed by atoms with van der Waals surface area (Å²) in [5.74, 6) is 0. The molecule has 0 N–H and O–H groups in total. The smallest absolute Gasteiger partial charge is 0.275 e. The van der Waals surface area contributed by atoms with E-state index in [4.69, 9.17) is 0 Å². The van der Waals surface area contributed by atoms with E-state index >= 15 is 0 Å². The third-order valence-corrected chi connectivity index (χ3v) is 5.34. The molecule has 3 nitrogen and oxygen atoms in total. The molecule has 0 saturated heterocycles. The van der Waals surface area contributed by atoms with Crippen molar-refractivity contribution in [1.29, 1.82) is 0 Å². The van der Waals surface area contributed by atoms with Crippen molar-refractivity contribution in [2.75, 3.05) is 0 Å². The van der Waals surface area contributed by atoms with Gasteiger partial charge in [-0.1, -0.05) is 61.9 Å². The van der Waals surface area contributed by atoms with Gasteiger partial charge in [0, 0.05) is 29.9 Å². The molecule has 0 saturated carbocycles. The van der Waals surface area contributed by atoms with Crippen LogP contribution in [0, 0.1) is 6.92 Å². The van der Waals surface area contributed by atoms with E-state index in [0.29, 0.717) is 0 Å². The number of para-hydroxylation sites is 1. The number of aryl methyl sites for hydroxylation is 2. The Morgan fingerprint density at radius 1 is 0.962 bits per heavy atom. The summed E-state index contributed by atoms with van der Waals surface area (Å²) >= 11 is 0. The van der Waals surface area contributed by atoms with E-state index in [9.17, 15) is 4.79 Å². The van der Waals surface area contributed by atoms with Gasteiger partial charge in [-0.3, -0.25) is 4.79 Å². The van der Waals surface area contributed by atoms with Crippen molar-refractivity contribution in [3.63, 3.8) is 0 Å². The lowest BCUT2D eigenvalue weighted by molar-refractivity contribution is 0.619. The summed E-state index contributed by atoms with van der Waals surface area (Å²) in [7, 11) is 2.00. The molecule has 4 aromatic rings. The molecule has 2 aromatic heterocycles. The van der Waals surface area contributed by atoms with E-state index in [-0.39, 0.29) is 5.56 Å². The van der Waals surface area contributed by atoms with Crippen LogP contribution in [0.5, 0.6) is 0 Å². The highest BCUT2D eigenvalue weighted by molar-refractivity contribution is 6.10. The molecular weight excluding hydrogens is 320 g/mol. The summed E-state index contributed by atoms with van der Waals surface area (Å²) in [5, 5.41) is 2.24. The van der Waals surface area contributed by atoms with Crippen LogP contribution in [0.25, 0.3) is 33.1 Å². The second-order valence-corrected chi connectivity index (χ2v) is 6.95. The monoisotopic (exact) mass is 344 g/mol. The number of aromatic nitrogens is 2. The number of fused-ring (bicyclic) bond motifs is 3. The maximum Gasteiger partial charge on any atom is 0.275 e. The van der Waals surface area contributed by atoms with Crippen LogP contribution in [0.2, 0.25) is 0 Å². The molecule has 0 atom stereocenters. The lowest BCUT2D eigenvalue weighted by atomic mass is 10.0. The number of unbranched alkanes of at least 4 members (excludes halogenated alkanes) is 1. The van der Waals surface area contributed by atoms with E-state index in [1.54, 1.807) is 0 Å². The van der Waals surface area contributed by atoms with Crippen molar-refractivity contribution in [3.05, 3.63) is 70.5 Å². The molecule has 0 radical (unpaired) electrons. The summed E-state index contributed by atoms with van der Waals surface area (Å²) < 4.78 is 4.03. The largest absolute Gasteiger partial charge is 0.339 e. The topological polar surface area (TPSA) is 26.9 Å². The molecular formula is C23H24N2O. The Morgan fingerprint density at radius 3 is 2.38 bits per heavy atom. The molecule has 0 aliphatic heterocycles. The van der Waals surface area contributed by atoms with Gasteiger partial charge in [0.2, 0.25) is 0 Å². The molecule has 2 heterocycles. The highest BCUT2D eigenvalue weighted by Gasteiger charge is 2.20. The van der Waals surface area contributed by atoms with Crippen molar-refractivity contribution < 1.29 is 0 Å². The van der Waals surface area contributed by atoms with Gasteiger partial charge in [0.05, 0.1) is 5.69 Å². The molecule has 0 bridgehead atoms. The first-order chi connectivity index (χ1) is 12.6. The maximum absolute atomic E-state index is 13.5. The summed E-state index contributed by atoms with van der Waals surface area (Å²) in [4.78, 5) is 13.5. The molecule has 26 heavy (non-hydrogen) atoms. The van der Waals surface area contributed by atoms with E-state index in [2.05, 4.69) is 42.7 Å². The zero-order chi connectivity index (χ0) is 18.3. The van der Waals surface area contributed by atoms with Gasteiger partial charge in [-0.25, -0.2) is 0 Å². The highest BCUT2D eigenvalue weighted by Crippen LogP contribution is 2.34. The third kappa shape index (κ3) is 2.38. The van der Waals surface area contributed by atoms with Crippen molar-refractivity contribution in [3.8, 4) is 11.3 Å². The van der Waals surface area contributed by atoms with E-state index in [1.807, 2.05) is 41.9 Å². The normalized spacial score (nSPS) is 11.5. The molecule has 0 unspecified atom stereocenters. The Hall–Kier alpha value is -2.81. The third-order valence-electron chi connectivity index (χ3n) is 5.34. The van der Waals surface area contributed by atoms with Crippen LogP contribution in [0.4, 0.5) is 0 Å². The Balaban J connectivity index is 2.20. The molecule has 0 aliphatic carbocycles. The second-order valence-electron chi connectivity index (χ2n) is 6.95. The van der Waals surface area contributed by atoms with Crippen molar-refractivity contribution in [1.82, 2.24) is 9.13 Å². The van der Waals surface area contributed by atoms with E-state index < -0.39 is 0 Å². The van der Waals surface area contributed by atoms with Gasteiger partial charge in [0.15, 0.2) is 0 Å². The summed E-state index contributed by atoms with van der Waals surface area (Å²) in [6, 6.07) is 18.6. The minimum atomic E-state index is 0.108. The van der Waals surface area contributed by atoms with Crippen LogP contribution in [0.1, 0.15) is 25.3 Å². The minimum Gasteiger partial charge on any atom is -0.339 e. The first-order valence-electron chi connectivity index (χ1n) is 9.31. The predicted molar refractivity (Wildman–Crippen MR) is 110 cm³/mol. The van der Waals surface area contributed by atoms with Gasteiger partial charge in [-0.15, -0.1) is 0 Å². The number of pyridine rings is 1. The Morgan fingerprint density at radius 2 is 1.65 bits per heavy atom. The Labute approximate surface area is 153 Å². The van der Waals surface area contributed by atoms with Gasteiger partial charge >= 0.3 is 0 Å². The van der Waals surface area contributed by atoms with Crippen LogP contribution in [0.3, 0.4) is 0 Å². The molecule has 2 aromatic carbocycles. The van der Waals surface area contributed by atoms with Gasteiger partial charge in [-0.05, 0) is 30.5 Å². The SMILES string of the molecule is CCCCn1c(-c2ccccc2)c(C)c2c3ccccc3n(C)c2c1=O. The van der Waals surface area contributed by atoms with Gasteiger partial charge in [0.1, 0.15) is 5.52 Å². The van der Waals surface area contributed by atoms with Crippen molar-refractivity contribution in [2.24, 2.45) is 7.05 Å². The van der Waals surface area contributed by atoms with Crippen LogP contribution in [-0.2, 0) is 13.6 Å². The maximum atomic E-state index is 13.5. The van der Waals surface area contributed by atoms with Crippen LogP contribution in [-0.4, -0.2) is 9.13 Å². The summed E-state index contributed by atoms with van der Waals surface area (Å²) in [6.45, 7) is 5.06. The lowest BCUT2D eigenvalue weighted by Gasteiger charge is -2.17. The zero-order valence-electron chi connectivity index (χ0n) is 15.6. The minimum absolute atomic E-state index is 0.108. The van der Waals surface area contributed by atoms with Crippen LogP contribution in [0.15, 0.2) is 59.4 Å². The first-order valence-corrected chi connectivity index (χ1v) is 9.31. The molecule has 0 fully saturated rings. The van der Waals surface area contributed by atoms with Crippen LogP contribution < -0.4 is 5.56 Å². The fourth-order valence-corrected chi connectivity index (χ4v) is 4.07. The summed E-state index contributed by atoms with van der Waals surface area (Å²) in [6.07, 6.45) is 2.06. The Kier molecular flexibility index (Phi) is 4.15. The van der Waals surface area contributed by atoms with E-state index in [1.165, 1.54) is 5.56 Å². The van der Waals surface area contributed by atoms with Gasteiger partial charge in [-0.2, -0.15) is 0 Å². The lowest BCUT2D eigenvalue weighted by Crippen LogP contribution is -2.24. The van der Waals surface area contributed by atoms with Crippen molar-refractivity contribution >= 4 is 21.8 Å². The van der Waals surface area contributed by atoms with Crippen LogP contribution >= 0.6 is 0 Å². The number of hydrogen-bond acceptors (Lipinski definition) is 1. The fourth-order valence-electron chi connectivity index (χ4n) is 4.07. The molecule has 3 heteroatoms. The average Bonchev–Trinajstić information content (AvgIpc) is 2.98. The molecule has 0 amide bonds. The predicted octanol–water partition coefficient (Wildman–Crippen LogP) is 5.27. The van der Waals surface area contributed by atoms with Crippen molar-refractivity contribution in [2.45, 2.75) is 33.2 Å². The first kappa shape index (κ1) is 16.6. The summed E-state index contributed by atoms with van der Waals surface area (Å²) in [5.41, 5.74) is 5.35. The quantitative estimate of drug-likeness (QED) is 0.495. The standard InChI is InChI=1S/C23H24N2O/c1-4-5-15-25-21(17-11-7-6-8-12-17)16(2)20-18-13-9-10-14-19(18)24(3)22(20)23(25)26/h6-14H,4-5,15H2,1-3H3. The molecule has 0 aliphatic rings. The van der Waals surface area contributed by atoms with E-state index in [0.717, 1.165) is 52.4 Å². The average molecular weight is 344 g/mol. The number of nitrogens with zero attached hydrogens (tertiary/aromatic N) is 2. The number of rotatable bonds is 4. The molecule has 132 valence electrons. The number of hydrogen-bond donors (Lipinski definition) is 0. The Bertz CT molecular complexity index is 1150. The molecule has 4 rings (SSSR count). The van der Waals surface area contributed by atoms with Gasteiger partial charge in [0.25, 0.3) is 5.56 Å². The number of benzene rings is 2.